The number of halogens is 1. The molecule has 0 bridgehead atoms. The molecule has 0 saturated carbocycles. The number of carbonyl (C=O) groups is 1. The van der Waals surface area contributed by atoms with Gasteiger partial charge in [-0.25, -0.2) is 4.99 Å². The van der Waals surface area contributed by atoms with Gasteiger partial charge in [-0.15, -0.1) is 0 Å². The first-order chi connectivity index (χ1) is 12.1. The number of hydrogen-bond acceptors (Lipinski definition) is 3. The van der Waals surface area contributed by atoms with Crippen molar-refractivity contribution >= 4 is 29.2 Å². The van der Waals surface area contributed by atoms with Crippen LogP contribution in [0.15, 0.2) is 29.3 Å². The number of amides is 1. The molecule has 1 aromatic carbocycles. The molecule has 1 aromatic rings. The normalized spacial score (nSPS) is 19.2. The average molecular weight is 364 g/mol. The molecule has 136 valence electrons. The van der Waals surface area contributed by atoms with E-state index in [1.807, 2.05) is 29.2 Å². The molecule has 1 amide bonds. The van der Waals surface area contributed by atoms with Gasteiger partial charge in [-0.1, -0.05) is 11.6 Å². The summed E-state index contributed by atoms with van der Waals surface area (Å²) in [5.41, 5.74) is 7.17. The van der Waals surface area contributed by atoms with Gasteiger partial charge in [-0.2, -0.15) is 0 Å². The second kappa shape index (κ2) is 8.43. The first-order valence-electron chi connectivity index (χ1n) is 8.96. The molecule has 2 saturated heterocycles. The molecule has 0 unspecified atom stereocenters. The monoisotopic (exact) mass is 363 g/mol. The van der Waals surface area contributed by atoms with E-state index in [9.17, 15) is 4.79 Å². The number of piperidine rings is 1. The molecule has 0 aliphatic carbocycles. The van der Waals surface area contributed by atoms with E-state index >= 15 is 0 Å². The largest absolute Gasteiger partial charge is 0.370 e. The molecule has 25 heavy (non-hydrogen) atoms. The zero-order valence-corrected chi connectivity index (χ0v) is 15.3. The Morgan fingerprint density at radius 1 is 0.960 bits per heavy atom. The van der Waals surface area contributed by atoms with Gasteiger partial charge in [0.05, 0.1) is 0 Å². The van der Waals surface area contributed by atoms with Crippen LogP contribution in [-0.4, -0.2) is 67.5 Å². The van der Waals surface area contributed by atoms with Gasteiger partial charge in [0.2, 0.25) is 5.91 Å². The quantitative estimate of drug-likeness (QED) is 0.656. The number of carbonyl (C=O) groups excluding carboxylic acids is 1. The maximum absolute atomic E-state index is 12.4. The lowest BCUT2D eigenvalue weighted by atomic mass is 10.1. The van der Waals surface area contributed by atoms with Crippen LogP contribution in [0.1, 0.15) is 19.3 Å². The smallest absolute Gasteiger partial charge is 0.244 e. The molecule has 7 heteroatoms. The van der Waals surface area contributed by atoms with Crippen molar-refractivity contribution in [2.24, 2.45) is 10.7 Å². The SMILES string of the molecule is NC(=NCC(=O)N1CCN(c2ccc(Cl)cc2)CC1)N1CCCCC1. The van der Waals surface area contributed by atoms with E-state index in [0.29, 0.717) is 19.0 Å². The fraction of sp³-hybridized carbons (Fsp3) is 0.556. The van der Waals surface area contributed by atoms with Gasteiger partial charge in [0.1, 0.15) is 6.54 Å². The third kappa shape index (κ3) is 4.78. The number of rotatable bonds is 3. The van der Waals surface area contributed by atoms with Gasteiger partial charge in [0.15, 0.2) is 5.96 Å². The molecule has 0 spiro atoms. The lowest BCUT2D eigenvalue weighted by molar-refractivity contribution is -0.129. The van der Waals surface area contributed by atoms with E-state index in [1.165, 1.54) is 6.42 Å². The summed E-state index contributed by atoms with van der Waals surface area (Å²) < 4.78 is 0. The summed E-state index contributed by atoms with van der Waals surface area (Å²) in [6.45, 7) is 5.09. The number of nitrogens with zero attached hydrogens (tertiary/aromatic N) is 4. The Morgan fingerprint density at radius 3 is 2.24 bits per heavy atom. The minimum atomic E-state index is 0.0516. The first kappa shape index (κ1) is 17.9. The maximum Gasteiger partial charge on any atom is 0.244 e. The number of piperazine rings is 1. The molecule has 0 radical (unpaired) electrons. The van der Waals surface area contributed by atoms with E-state index in [0.717, 1.165) is 49.7 Å². The number of aliphatic imine (C=N–C) groups is 1. The van der Waals surface area contributed by atoms with Gasteiger partial charge in [0.25, 0.3) is 0 Å². The molecule has 0 aromatic heterocycles. The fourth-order valence-corrected chi connectivity index (χ4v) is 3.46. The van der Waals surface area contributed by atoms with Crippen molar-refractivity contribution in [2.45, 2.75) is 19.3 Å². The highest BCUT2D eigenvalue weighted by Crippen LogP contribution is 2.19. The van der Waals surface area contributed by atoms with E-state index in [4.69, 9.17) is 17.3 Å². The highest BCUT2D eigenvalue weighted by molar-refractivity contribution is 6.30. The Kier molecular flexibility index (Phi) is 6.02. The van der Waals surface area contributed by atoms with Crippen LogP contribution < -0.4 is 10.6 Å². The van der Waals surface area contributed by atoms with Crippen LogP contribution >= 0.6 is 11.6 Å². The third-order valence-corrected chi connectivity index (χ3v) is 5.13. The number of likely N-dealkylation sites (tertiary alicyclic amines) is 1. The van der Waals surface area contributed by atoms with Gasteiger partial charge in [-0.05, 0) is 43.5 Å². The Balaban J connectivity index is 1.47. The number of nitrogens with two attached hydrogens (primary N) is 1. The van der Waals surface area contributed by atoms with Crippen LogP contribution in [0.25, 0.3) is 0 Å². The summed E-state index contributed by atoms with van der Waals surface area (Å²) in [4.78, 5) is 22.9. The molecule has 3 rings (SSSR count). The molecule has 6 nitrogen and oxygen atoms in total. The molecule has 0 atom stereocenters. The Bertz CT molecular complexity index is 604. The highest BCUT2D eigenvalue weighted by atomic mass is 35.5. The summed E-state index contributed by atoms with van der Waals surface area (Å²) in [5, 5.41) is 0.738. The van der Waals surface area contributed by atoms with Crippen molar-refractivity contribution in [3.05, 3.63) is 29.3 Å². The topological polar surface area (TPSA) is 65.2 Å². The summed E-state index contributed by atoms with van der Waals surface area (Å²) >= 11 is 5.93. The third-order valence-electron chi connectivity index (χ3n) is 4.88. The second-order valence-corrected chi connectivity index (χ2v) is 7.00. The molecule has 2 aliphatic heterocycles. The van der Waals surface area contributed by atoms with Crippen molar-refractivity contribution < 1.29 is 4.79 Å². The van der Waals surface area contributed by atoms with Gasteiger partial charge in [-0.3, -0.25) is 4.79 Å². The van der Waals surface area contributed by atoms with Crippen LogP contribution in [0.3, 0.4) is 0 Å². The molecule has 2 aliphatic rings. The Labute approximate surface area is 154 Å². The molecule has 2 fully saturated rings. The van der Waals surface area contributed by atoms with Gasteiger partial charge in [0, 0.05) is 50.0 Å². The molecule has 2 N–H and O–H groups in total. The molecular weight excluding hydrogens is 338 g/mol. The number of guanidine groups is 1. The molecular formula is C18H26ClN5O. The van der Waals surface area contributed by atoms with Crippen LogP contribution in [0.4, 0.5) is 5.69 Å². The number of hydrogen-bond donors (Lipinski definition) is 1. The van der Waals surface area contributed by atoms with Crippen molar-refractivity contribution in [3.63, 3.8) is 0 Å². The Hall–Kier alpha value is -1.95. The lowest BCUT2D eigenvalue weighted by Crippen LogP contribution is -2.49. The van der Waals surface area contributed by atoms with Crippen LogP contribution in [0.5, 0.6) is 0 Å². The highest BCUT2D eigenvalue weighted by Gasteiger charge is 2.21. The minimum absolute atomic E-state index is 0.0516. The predicted octanol–water partition coefficient (Wildman–Crippen LogP) is 1.79. The van der Waals surface area contributed by atoms with Crippen molar-refractivity contribution in [3.8, 4) is 0 Å². The lowest BCUT2D eigenvalue weighted by Gasteiger charge is -2.36. The summed E-state index contributed by atoms with van der Waals surface area (Å²) in [7, 11) is 0. The van der Waals surface area contributed by atoms with Crippen LogP contribution in [-0.2, 0) is 4.79 Å². The fourth-order valence-electron chi connectivity index (χ4n) is 3.34. The van der Waals surface area contributed by atoms with Crippen molar-refractivity contribution in [1.29, 1.82) is 0 Å². The zero-order valence-electron chi connectivity index (χ0n) is 14.5. The second-order valence-electron chi connectivity index (χ2n) is 6.57. The van der Waals surface area contributed by atoms with Crippen molar-refractivity contribution in [1.82, 2.24) is 9.80 Å². The van der Waals surface area contributed by atoms with E-state index in [-0.39, 0.29) is 12.5 Å². The zero-order chi connectivity index (χ0) is 17.6. The standard InChI is InChI=1S/C18H26ClN5O/c19-15-4-6-16(7-5-15)22-10-12-23(13-11-22)17(25)14-21-18(20)24-8-2-1-3-9-24/h4-7H,1-3,8-14H2,(H2,20,21). The number of benzene rings is 1. The maximum atomic E-state index is 12.4. The average Bonchev–Trinajstić information content (AvgIpc) is 2.67. The van der Waals surface area contributed by atoms with Crippen LogP contribution in [0.2, 0.25) is 5.02 Å². The van der Waals surface area contributed by atoms with E-state index < -0.39 is 0 Å². The predicted molar refractivity (Wildman–Crippen MR) is 102 cm³/mol. The van der Waals surface area contributed by atoms with Gasteiger partial charge >= 0.3 is 0 Å². The summed E-state index contributed by atoms with van der Waals surface area (Å²) in [6.07, 6.45) is 3.55. The van der Waals surface area contributed by atoms with Gasteiger partial charge < -0.3 is 20.4 Å². The summed E-state index contributed by atoms with van der Waals surface area (Å²) in [6, 6.07) is 7.83. The van der Waals surface area contributed by atoms with E-state index in [2.05, 4.69) is 14.8 Å². The van der Waals surface area contributed by atoms with Crippen molar-refractivity contribution in [2.75, 3.05) is 50.7 Å². The molecule has 2 heterocycles. The Morgan fingerprint density at radius 2 is 1.60 bits per heavy atom. The number of anilines is 1. The first-order valence-corrected chi connectivity index (χ1v) is 9.34. The van der Waals surface area contributed by atoms with Crippen LogP contribution in [0, 0.1) is 0 Å². The van der Waals surface area contributed by atoms with E-state index in [1.54, 1.807) is 0 Å². The summed E-state index contributed by atoms with van der Waals surface area (Å²) in [5.74, 6) is 0.559. The minimum Gasteiger partial charge on any atom is -0.370 e.